The van der Waals surface area contributed by atoms with Crippen LogP contribution in [-0.4, -0.2) is 36.8 Å². The average Bonchev–Trinajstić information content (AvgIpc) is 3.06. The van der Waals surface area contributed by atoms with Crippen LogP contribution in [0.25, 0.3) is 0 Å². The summed E-state index contributed by atoms with van der Waals surface area (Å²) in [6.45, 7) is 3.30. The third-order valence-corrected chi connectivity index (χ3v) is 6.63. The highest BCUT2D eigenvalue weighted by Gasteiger charge is 2.34. The van der Waals surface area contributed by atoms with Crippen LogP contribution in [0.15, 0.2) is 54.6 Å². The Morgan fingerprint density at radius 3 is 2.41 bits per heavy atom. The second-order valence-electron chi connectivity index (χ2n) is 8.34. The van der Waals surface area contributed by atoms with Crippen LogP contribution in [0.5, 0.6) is 5.75 Å². The first-order valence-electron chi connectivity index (χ1n) is 10.3. The Kier molecular flexibility index (Phi) is 5.51. The molecule has 3 heteroatoms. The number of hydrogen-bond donors (Lipinski definition) is 1. The minimum atomic E-state index is -0.973. The Labute approximate surface area is 163 Å². The van der Waals surface area contributed by atoms with Gasteiger partial charge in [-0.3, -0.25) is 0 Å². The van der Waals surface area contributed by atoms with Crippen molar-refractivity contribution >= 4 is 0 Å². The highest BCUT2D eigenvalue weighted by atomic mass is 16.5. The van der Waals surface area contributed by atoms with Gasteiger partial charge in [0.1, 0.15) is 11.4 Å². The Balaban J connectivity index is 1.54. The van der Waals surface area contributed by atoms with Gasteiger partial charge in [0.15, 0.2) is 0 Å². The van der Waals surface area contributed by atoms with Crippen LogP contribution < -0.4 is 4.74 Å². The lowest BCUT2D eigenvalue weighted by Crippen LogP contribution is -2.36. The Hall–Kier alpha value is -1.84. The van der Waals surface area contributed by atoms with Crippen LogP contribution in [-0.2, 0) is 5.60 Å². The van der Waals surface area contributed by atoms with Gasteiger partial charge < -0.3 is 14.7 Å². The second kappa shape index (κ2) is 8.04. The molecule has 0 aromatic heterocycles. The van der Waals surface area contributed by atoms with Gasteiger partial charge in [0, 0.05) is 13.1 Å². The van der Waals surface area contributed by atoms with Gasteiger partial charge in [0.05, 0.1) is 7.11 Å². The van der Waals surface area contributed by atoms with E-state index < -0.39 is 5.60 Å². The zero-order valence-electron chi connectivity index (χ0n) is 16.3. The maximum atomic E-state index is 11.8. The molecule has 3 atom stereocenters. The highest BCUT2D eigenvalue weighted by Crippen LogP contribution is 2.38. The van der Waals surface area contributed by atoms with E-state index in [9.17, 15) is 5.11 Å². The molecule has 1 N–H and O–H groups in total. The molecule has 144 valence electrons. The fourth-order valence-electron chi connectivity index (χ4n) is 4.99. The second-order valence-corrected chi connectivity index (χ2v) is 8.34. The van der Waals surface area contributed by atoms with Crippen LogP contribution in [0, 0.1) is 11.8 Å². The fraction of sp³-hybridized carbons (Fsp3) is 0.500. The molecule has 3 nitrogen and oxygen atoms in total. The molecule has 2 aromatic carbocycles. The number of ether oxygens (including phenoxy) is 1. The summed E-state index contributed by atoms with van der Waals surface area (Å²) in [5.74, 6) is 2.62. The van der Waals surface area contributed by atoms with Crippen molar-refractivity contribution in [2.24, 2.45) is 11.8 Å². The van der Waals surface area contributed by atoms with Gasteiger partial charge in [-0.2, -0.15) is 0 Å². The molecule has 0 unspecified atom stereocenters. The lowest BCUT2D eigenvalue weighted by Gasteiger charge is -2.33. The Morgan fingerprint density at radius 1 is 0.963 bits per heavy atom. The molecular formula is C24H31NO2. The van der Waals surface area contributed by atoms with Gasteiger partial charge in [-0.15, -0.1) is 0 Å². The first-order chi connectivity index (χ1) is 13.2. The largest absolute Gasteiger partial charge is 0.497 e. The topological polar surface area (TPSA) is 32.7 Å². The number of nitrogens with zero attached hydrogens (tertiary/aromatic N) is 1. The van der Waals surface area contributed by atoms with Crippen molar-refractivity contribution < 1.29 is 9.84 Å². The summed E-state index contributed by atoms with van der Waals surface area (Å²) < 4.78 is 5.29. The molecule has 2 fully saturated rings. The van der Waals surface area contributed by atoms with Crippen LogP contribution >= 0.6 is 0 Å². The van der Waals surface area contributed by atoms with Gasteiger partial charge in [-0.25, -0.2) is 0 Å². The molecule has 2 aliphatic rings. The van der Waals surface area contributed by atoms with Crippen molar-refractivity contribution in [2.75, 3.05) is 26.7 Å². The molecule has 27 heavy (non-hydrogen) atoms. The molecule has 4 rings (SSSR count). The number of benzene rings is 2. The van der Waals surface area contributed by atoms with Crippen LogP contribution in [0.1, 0.15) is 43.2 Å². The third-order valence-electron chi connectivity index (χ3n) is 6.63. The lowest BCUT2D eigenvalue weighted by molar-refractivity contribution is 0.0553. The van der Waals surface area contributed by atoms with Crippen molar-refractivity contribution in [3.05, 3.63) is 65.7 Å². The van der Waals surface area contributed by atoms with E-state index in [-0.39, 0.29) is 0 Å². The summed E-state index contributed by atoms with van der Waals surface area (Å²) in [4.78, 5) is 2.58. The number of hydrogen-bond acceptors (Lipinski definition) is 3. The van der Waals surface area contributed by atoms with E-state index in [1.165, 1.54) is 38.8 Å². The van der Waals surface area contributed by atoms with Gasteiger partial charge in [-0.1, -0.05) is 48.9 Å². The van der Waals surface area contributed by atoms with E-state index >= 15 is 0 Å². The maximum absolute atomic E-state index is 11.8. The van der Waals surface area contributed by atoms with Crippen molar-refractivity contribution in [3.63, 3.8) is 0 Å². The van der Waals surface area contributed by atoms with Crippen LogP contribution in [0.4, 0.5) is 0 Å². The van der Waals surface area contributed by atoms with E-state index in [0.29, 0.717) is 6.42 Å². The number of likely N-dealkylation sites (tertiary alicyclic amines) is 1. The molecule has 0 radical (unpaired) electrons. The first kappa shape index (κ1) is 18.5. The summed E-state index contributed by atoms with van der Waals surface area (Å²) >= 11 is 0. The van der Waals surface area contributed by atoms with Gasteiger partial charge >= 0.3 is 0 Å². The van der Waals surface area contributed by atoms with Crippen molar-refractivity contribution in [1.82, 2.24) is 4.90 Å². The quantitative estimate of drug-likeness (QED) is 0.821. The summed E-state index contributed by atoms with van der Waals surface area (Å²) in [5.41, 5.74) is 0.927. The maximum Gasteiger partial charge on any atom is 0.118 e. The number of methoxy groups -OCH3 is 1. The molecule has 2 aromatic rings. The molecule has 0 spiro atoms. The standard InChI is InChI=1S/C24H31NO2/c1-27-23-11-9-22(10-12-23)24(26,21-5-3-2-4-6-21)14-16-25-15-13-19-7-8-20(17-19)18-25/h2-6,9-12,19-20,26H,7-8,13-18H2,1H3/t19-,20-,24-/m0/s1. The Bertz CT molecular complexity index is 730. The van der Waals surface area contributed by atoms with E-state index in [1.54, 1.807) is 7.11 Å². The third kappa shape index (κ3) is 4.04. The molecule has 1 heterocycles. The number of rotatable bonds is 6. The molecular weight excluding hydrogens is 334 g/mol. The predicted octanol–water partition coefficient (Wildman–Crippen LogP) is 4.44. The van der Waals surface area contributed by atoms with Gasteiger partial charge in [0.25, 0.3) is 0 Å². The molecule has 1 saturated heterocycles. The zero-order chi connectivity index (χ0) is 18.7. The summed E-state index contributed by atoms with van der Waals surface area (Å²) in [7, 11) is 1.67. The Morgan fingerprint density at radius 2 is 1.67 bits per heavy atom. The zero-order valence-corrected chi connectivity index (χ0v) is 16.3. The van der Waals surface area contributed by atoms with E-state index in [1.807, 2.05) is 54.6 Å². The minimum Gasteiger partial charge on any atom is -0.497 e. The molecule has 1 aliphatic heterocycles. The molecule has 1 saturated carbocycles. The van der Waals surface area contributed by atoms with Crippen molar-refractivity contribution in [3.8, 4) is 5.75 Å². The smallest absolute Gasteiger partial charge is 0.118 e. The minimum absolute atomic E-state index is 0.709. The molecule has 2 bridgehead atoms. The number of fused-ring (bicyclic) bond motifs is 2. The van der Waals surface area contributed by atoms with E-state index in [2.05, 4.69) is 4.90 Å². The van der Waals surface area contributed by atoms with E-state index in [4.69, 9.17) is 4.74 Å². The van der Waals surface area contributed by atoms with Crippen molar-refractivity contribution in [1.29, 1.82) is 0 Å². The summed E-state index contributed by atoms with van der Waals surface area (Å²) in [6, 6.07) is 18.0. The van der Waals surface area contributed by atoms with Crippen molar-refractivity contribution in [2.45, 2.75) is 37.7 Å². The first-order valence-corrected chi connectivity index (χ1v) is 10.3. The van der Waals surface area contributed by atoms with Gasteiger partial charge in [0.2, 0.25) is 0 Å². The molecule has 1 aliphatic carbocycles. The number of aliphatic hydroxyl groups is 1. The monoisotopic (exact) mass is 365 g/mol. The molecule has 0 amide bonds. The van der Waals surface area contributed by atoms with Crippen LogP contribution in [0.3, 0.4) is 0 Å². The summed E-state index contributed by atoms with van der Waals surface area (Å²) in [6.07, 6.45) is 6.27. The fourth-order valence-corrected chi connectivity index (χ4v) is 4.99. The highest BCUT2D eigenvalue weighted by molar-refractivity contribution is 5.38. The van der Waals surface area contributed by atoms with Crippen LogP contribution in [0.2, 0.25) is 0 Å². The summed E-state index contributed by atoms with van der Waals surface area (Å²) in [5, 5.41) is 11.8. The SMILES string of the molecule is COc1ccc([C@](O)(CCN2CC[C@@H]3CC[C@@H](C3)C2)c2ccccc2)cc1. The van der Waals surface area contributed by atoms with Gasteiger partial charge in [-0.05, 0) is 67.3 Å². The lowest BCUT2D eigenvalue weighted by atomic mass is 9.83. The van der Waals surface area contributed by atoms with E-state index in [0.717, 1.165) is 35.3 Å². The predicted molar refractivity (Wildman–Crippen MR) is 109 cm³/mol. The average molecular weight is 366 g/mol. The normalized spacial score (nSPS) is 25.0.